The van der Waals surface area contributed by atoms with Gasteiger partial charge in [0.05, 0.1) is 11.5 Å². The van der Waals surface area contributed by atoms with Crippen LogP contribution in [0.1, 0.15) is 40.0 Å². The molecule has 2 atom stereocenters. The quantitative estimate of drug-likeness (QED) is 0.544. The third-order valence-electron chi connectivity index (χ3n) is 5.23. The van der Waals surface area contributed by atoms with Gasteiger partial charge in [-0.1, -0.05) is 20.8 Å². The summed E-state index contributed by atoms with van der Waals surface area (Å²) in [7, 11) is 0. The van der Waals surface area contributed by atoms with E-state index in [1.807, 2.05) is 20.8 Å². The third kappa shape index (κ3) is 1.14. The van der Waals surface area contributed by atoms with Crippen molar-refractivity contribution in [2.45, 2.75) is 45.6 Å². The molecule has 7 nitrogen and oxygen atoms in total. The van der Waals surface area contributed by atoms with Crippen LogP contribution in [-0.2, 0) is 0 Å². The SMILES string of the molecule is CC12CCC([N+](=O)[O-])(C/C1=N\[N+](=O)[O-])C2(C)C. The first kappa shape index (κ1) is 11.9. The van der Waals surface area contributed by atoms with Gasteiger partial charge < -0.3 is 0 Å². The van der Waals surface area contributed by atoms with E-state index in [1.165, 1.54) is 0 Å². The zero-order chi connectivity index (χ0) is 13.1. The highest BCUT2D eigenvalue weighted by molar-refractivity contribution is 5.95. The Morgan fingerprint density at radius 2 is 1.76 bits per heavy atom. The predicted octanol–water partition coefficient (Wildman–Crippen LogP) is 1.86. The maximum Gasteiger partial charge on any atom is 0.233 e. The Bertz CT molecular complexity index is 445. The highest BCUT2D eigenvalue weighted by atomic mass is 16.7. The van der Waals surface area contributed by atoms with Gasteiger partial charge in [0.25, 0.3) is 0 Å². The molecule has 0 aromatic carbocycles. The molecular weight excluding hydrogens is 226 g/mol. The number of nitrogens with zero attached hydrogens (tertiary/aromatic N) is 3. The van der Waals surface area contributed by atoms with Gasteiger partial charge in [0, 0.05) is 22.2 Å². The molecule has 0 aliphatic heterocycles. The van der Waals surface area contributed by atoms with E-state index < -0.39 is 21.4 Å². The number of fused-ring (bicyclic) bond motifs is 2. The normalized spacial score (nSPS) is 40.8. The first-order chi connectivity index (χ1) is 7.67. The second kappa shape index (κ2) is 3.02. The molecule has 2 fully saturated rings. The summed E-state index contributed by atoms with van der Waals surface area (Å²) < 4.78 is 0. The Labute approximate surface area is 98.2 Å². The van der Waals surface area contributed by atoms with Crippen molar-refractivity contribution in [1.29, 1.82) is 0 Å². The van der Waals surface area contributed by atoms with Gasteiger partial charge in [-0.05, 0) is 6.42 Å². The van der Waals surface area contributed by atoms with Crippen LogP contribution < -0.4 is 0 Å². The van der Waals surface area contributed by atoms with Crippen molar-refractivity contribution in [2.75, 3.05) is 0 Å². The number of hydrogen-bond donors (Lipinski definition) is 0. The molecule has 0 aromatic heterocycles. The minimum atomic E-state index is -1.09. The molecule has 0 amide bonds. The molecule has 2 saturated carbocycles. The fraction of sp³-hybridized carbons (Fsp3) is 0.900. The summed E-state index contributed by atoms with van der Waals surface area (Å²) in [6.07, 6.45) is 1.17. The van der Waals surface area contributed by atoms with Crippen LogP contribution >= 0.6 is 0 Å². The Balaban J connectivity index is 2.58. The van der Waals surface area contributed by atoms with Crippen molar-refractivity contribution >= 4 is 5.71 Å². The molecule has 2 rings (SSSR count). The summed E-state index contributed by atoms with van der Waals surface area (Å²) in [4.78, 5) is 21.6. The molecule has 0 saturated heterocycles. The molecule has 0 radical (unpaired) electrons. The predicted molar refractivity (Wildman–Crippen MR) is 59.9 cm³/mol. The van der Waals surface area contributed by atoms with Crippen LogP contribution in [0.2, 0.25) is 0 Å². The third-order valence-corrected chi connectivity index (χ3v) is 5.23. The maximum absolute atomic E-state index is 11.4. The Hall–Kier alpha value is -1.53. The Morgan fingerprint density at radius 1 is 1.18 bits per heavy atom. The first-order valence-electron chi connectivity index (χ1n) is 5.54. The molecule has 94 valence electrons. The monoisotopic (exact) mass is 241 g/mol. The van der Waals surface area contributed by atoms with E-state index in [4.69, 9.17) is 0 Å². The van der Waals surface area contributed by atoms with E-state index in [9.17, 15) is 20.2 Å². The van der Waals surface area contributed by atoms with Gasteiger partial charge in [0.2, 0.25) is 5.54 Å². The molecule has 0 N–H and O–H groups in total. The van der Waals surface area contributed by atoms with Crippen LogP contribution in [0.4, 0.5) is 0 Å². The lowest BCUT2D eigenvalue weighted by Gasteiger charge is -2.33. The van der Waals surface area contributed by atoms with E-state index in [1.54, 1.807) is 0 Å². The first-order valence-corrected chi connectivity index (χ1v) is 5.54. The molecule has 0 spiro atoms. The van der Waals surface area contributed by atoms with E-state index in [-0.39, 0.29) is 11.3 Å². The molecule has 0 heterocycles. The van der Waals surface area contributed by atoms with Gasteiger partial charge in [0.15, 0.2) is 5.03 Å². The summed E-state index contributed by atoms with van der Waals surface area (Å²) in [5, 5.41) is 24.5. The minimum Gasteiger partial charge on any atom is -0.264 e. The van der Waals surface area contributed by atoms with Crippen LogP contribution in [0, 0.1) is 31.1 Å². The highest BCUT2D eigenvalue weighted by Gasteiger charge is 2.76. The molecular formula is C10H15N3O4. The summed E-state index contributed by atoms with van der Waals surface area (Å²) in [5.74, 6) is 0. The molecule has 2 bridgehead atoms. The van der Waals surface area contributed by atoms with E-state index in [0.717, 1.165) is 0 Å². The summed E-state index contributed by atoms with van der Waals surface area (Å²) in [6, 6.07) is 0. The molecule has 2 aliphatic carbocycles. The number of rotatable bonds is 2. The average Bonchev–Trinajstić information content (AvgIpc) is 2.47. The zero-order valence-electron chi connectivity index (χ0n) is 10.1. The van der Waals surface area contributed by atoms with E-state index in [2.05, 4.69) is 5.10 Å². The van der Waals surface area contributed by atoms with Crippen LogP contribution in [0.15, 0.2) is 5.10 Å². The van der Waals surface area contributed by atoms with E-state index in [0.29, 0.717) is 18.6 Å². The number of hydrogen-bond acceptors (Lipinski definition) is 4. The number of nitro groups is 2. The van der Waals surface area contributed by atoms with Gasteiger partial charge in [-0.25, -0.2) is 10.1 Å². The van der Waals surface area contributed by atoms with E-state index >= 15 is 0 Å². The fourth-order valence-electron chi connectivity index (χ4n) is 3.51. The van der Waals surface area contributed by atoms with Gasteiger partial charge in [-0.15, -0.1) is 0 Å². The van der Waals surface area contributed by atoms with Gasteiger partial charge in [-0.2, -0.15) is 0 Å². The van der Waals surface area contributed by atoms with Crippen LogP contribution in [0.3, 0.4) is 0 Å². The Kier molecular flexibility index (Phi) is 2.12. The zero-order valence-corrected chi connectivity index (χ0v) is 10.1. The van der Waals surface area contributed by atoms with Crippen molar-refractivity contribution in [1.82, 2.24) is 0 Å². The van der Waals surface area contributed by atoms with Crippen molar-refractivity contribution in [3.8, 4) is 0 Å². The van der Waals surface area contributed by atoms with Crippen LogP contribution in [0.5, 0.6) is 0 Å². The Morgan fingerprint density at radius 3 is 2.18 bits per heavy atom. The second-order valence-electron chi connectivity index (χ2n) is 5.71. The van der Waals surface area contributed by atoms with Crippen molar-refractivity contribution in [3.05, 3.63) is 20.2 Å². The largest absolute Gasteiger partial charge is 0.264 e. The molecule has 17 heavy (non-hydrogen) atoms. The van der Waals surface area contributed by atoms with Crippen molar-refractivity contribution in [2.24, 2.45) is 15.9 Å². The molecule has 7 heteroatoms. The summed E-state index contributed by atoms with van der Waals surface area (Å²) >= 11 is 0. The lowest BCUT2D eigenvalue weighted by Crippen LogP contribution is -2.46. The second-order valence-corrected chi connectivity index (χ2v) is 5.71. The highest BCUT2D eigenvalue weighted by Crippen LogP contribution is 2.67. The van der Waals surface area contributed by atoms with Crippen LogP contribution in [-0.4, -0.2) is 21.2 Å². The summed E-state index contributed by atoms with van der Waals surface area (Å²) in [5.41, 5.74) is -1.85. The standard InChI is InChI=1S/C10H15N3O4/c1-8(2)9(3)4-5-10(8,12(14)15)6-7(9)11-13(16)17/h4-6H2,1-3H3/b11-7+. The van der Waals surface area contributed by atoms with Crippen LogP contribution in [0.25, 0.3) is 0 Å². The summed E-state index contributed by atoms with van der Waals surface area (Å²) in [6.45, 7) is 5.50. The van der Waals surface area contributed by atoms with Crippen molar-refractivity contribution < 1.29 is 9.96 Å². The fourth-order valence-corrected chi connectivity index (χ4v) is 3.51. The van der Waals surface area contributed by atoms with Gasteiger partial charge in [-0.3, -0.25) is 10.1 Å². The topological polar surface area (TPSA) is 98.6 Å². The maximum atomic E-state index is 11.4. The molecule has 0 aromatic rings. The number of hydrazone groups is 1. The lowest BCUT2D eigenvalue weighted by atomic mass is 9.68. The molecule has 2 unspecified atom stereocenters. The van der Waals surface area contributed by atoms with Gasteiger partial charge >= 0.3 is 0 Å². The smallest absolute Gasteiger partial charge is 0.233 e. The average molecular weight is 241 g/mol. The van der Waals surface area contributed by atoms with Crippen molar-refractivity contribution in [3.63, 3.8) is 0 Å². The lowest BCUT2D eigenvalue weighted by molar-refractivity contribution is -0.583. The minimum absolute atomic E-state index is 0.102. The van der Waals surface area contributed by atoms with Gasteiger partial charge in [0.1, 0.15) is 5.71 Å². The molecule has 2 aliphatic rings.